The number of fused-ring (bicyclic) bond motifs is 2. The van der Waals surface area contributed by atoms with Crippen molar-refractivity contribution in [2.75, 3.05) is 0 Å². The van der Waals surface area contributed by atoms with E-state index >= 15 is 0 Å². The third kappa shape index (κ3) is 2.21. The van der Waals surface area contributed by atoms with Gasteiger partial charge in [-0.15, -0.1) is 0 Å². The number of aryl methyl sites for hydroxylation is 2. The summed E-state index contributed by atoms with van der Waals surface area (Å²) in [4.78, 5) is 21.2. The summed E-state index contributed by atoms with van der Waals surface area (Å²) >= 11 is 0. The van der Waals surface area contributed by atoms with Crippen molar-refractivity contribution in [1.82, 2.24) is 19.1 Å². The minimum atomic E-state index is -0.0489. The number of aromatic nitrogens is 4. The maximum Gasteiger partial charge on any atom is 0.260 e. The van der Waals surface area contributed by atoms with Crippen LogP contribution in [0.3, 0.4) is 0 Å². The van der Waals surface area contributed by atoms with Crippen LogP contribution in [-0.2, 0) is 13.6 Å². The van der Waals surface area contributed by atoms with E-state index in [1.165, 1.54) is 10.1 Å². The minimum Gasteiger partial charge on any atom is -0.324 e. The number of hydrogen-bond donors (Lipinski definition) is 0. The second-order valence-corrected chi connectivity index (χ2v) is 5.75. The highest BCUT2D eigenvalue weighted by Gasteiger charge is 2.11. The van der Waals surface area contributed by atoms with Gasteiger partial charge in [0.2, 0.25) is 0 Å². The SMILES string of the molecule is Cc1nc2cc3c(=O)n(C)cnc3cc2n1Cc1ccccc1. The molecule has 23 heavy (non-hydrogen) atoms. The topological polar surface area (TPSA) is 52.7 Å². The second-order valence-electron chi connectivity index (χ2n) is 5.75. The van der Waals surface area contributed by atoms with Gasteiger partial charge in [-0.1, -0.05) is 30.3 Å². The molecule has 114 valence electrons. The first-order valence-corrected chi connectivity index (χ1v) is 7.49. The maximum absolute atomic E-state index is 12.2. The zero-order valence-electron chi connectivity index (χ0n) is 13.0. The summed E-state index contributed by atoms with van der Waals surface area (Å²) < 4.78 is 3.64. The van der Waals surface area contributed by atoms with E-state index < -0.39 is 0 Å². The van der Waals surface area contributed by atoms with Gasteiger partial charge in [-0.2, -0.15) is 0 Å². The lowest BCUT2D eigenvalue weighted by Gasteiger charge is -2.07. The summed E-state index contributed by atoms with van der Waals surface area (Å²) in [5.41, 5.74) is 3.70. The molecule has 0 aliphatic carbocycles. The number of nitrogens with zero attached hydrogens (tertiary/aromatic N) is 4. The lowest BCUT2D eigenvalue weighted by atomic mass is 10.2. The molecule has 0 spiro atoms. The van der Waals surface area contributed by atoms with Crippen molar-refractivity contribution in [1.29, 1.82) is 0 Å². The summed E-state index contributed by atoms with van der Waals surface area (Å²) in [6, 6.07) is 14.1. The van der Waals surface area contributed by atoms with E-state index in [4.69, 9.17) is 0 Å². The highest BCUT2D eigenvalue weighted by Crippen LogP contribution is 2.21. The molecule has 5 heteroatoms. The predicted octanol–water partition coefficient (Wildman–Crippen LogP) is 2.64. The van der Waals surface area contributed by atoms with E-state index in [0.29, 0.717) is 10.9 Å². The van der Waals surface area contributed by atoms with Crippen LogP contribution in [0.1, 0.15) is 11.4 Å². The van der Waals surface area contributed by atoms with Gasteiger partial charge < -0.3 is 9.13 Å². The largest absolute Gasteiger partial charge is 0.324 e. The Kier molecular flexibility index (Phi) is 3.01. The first-order chi connectivity index (χ1) is 11.1. The van der Waals surface area contributed by atoms with Crippen LogP contribution in [0.25, 0.3) is 21.9 Å². The van der Waals surface area contributed by atoms with E-state index in [9.17, 15) is 4.79 Å². The number of imidazole rings is 1. The Labute approximate surface area is 132 Å². The lowest BCUT2D eigenvalue weighted by Crippen LogP contribution is -2.16. The zero-order valence-corrected chi connectivity index (χ0v) is 13.0. The Balaban J connectivity index is 1.95. The molecule has 0 saturated carbocycles. The minimum absolute atomic E-state index is 0.0489. The smallest absolute Gasteiger partial charge is 0.260 e. The Morgan fingerprint density at radius 2 is 1.87 bits per heavy atom. The van der Waals surface area contributed by atoms with E-state index in [2.05, 4.69) is 26.7 Å². The Bertz CT molecular complexity index is 1080. The molecule has 2 aromatic heterocycles. The fourth-order valence-corrected chi connectivity index (χ4v) is 2.92. The molecule has 0 amide bonds. The van der Waals surface area contributed by atoms with Gasteiger partial charge in [-0.25, -0.2) is 9.97 Å². The number of benzene rings is 2. The molecule has 0 aliphatic rings. The molecule has 4 aromatic rings. The van der Waals surface area contributed by atoms with Gasteiger partial charge in [0, 0.05) is 13.6 Å². The van der Waals surface area contributed by atoms with E-state index in [-0.39, 0.29) is 5.56 Å². The quantitative estimate of drug-likeness (QED) is 0.572. The van der Waals surface area contributed by atoms with Crippen molar-refractivity contribution in [2.45, 2.75) is 13.5 Å². The van der Waals surface area contributed by atoms with Gasteiger partial charge in [0.1, 0.15) is 5.82 Å². The fraction of sp³-hybridized carbons (Fsp3) is 0.167. The molecule has 0 bridgehead atoms. The predicted molar refractivity (Wildman–Crippen MR) is 90.6 cm³/mol. The van der Waals surface area contributed by atoms with Crippen LogP contribution in [0.4, 0.5) is 0 Å². The van der Waals surface area contributed by atoms with Crippen molar-refractivity contribution < 1.29 is 0 Å². The van der Waals surface area contributed by atoms with Crippen LogP contribution in [0.5, 0.6) is 0 Å². The third-order valence-corrected chi connectivity index (χ3v) is 4.16. The van der Waals surface area contributed by atoms with Crippen LogP contribution < -0.4 is 5.56 Å². The Morgan fingerprint density at radius 3 is 2.65 bits per heavy atom. The highest BCUT2D eigenvalue weighted by atomic mass is 16.1. The molecule has 0 aliphatic heterocycles. The number of hydrogen-bond acceptors (Lipinski definition) is 3. The van der Waals surface area contributed by atoms with Crippen molar-refractivity contribution in [3.8, 4) is 0 Å². The first kappa shape index (κ1) is 13.7. The molecule has 0 fully saturated rings. The van der Waals surface area contributed by atoms with Crippen LogP contribution in [0.15, 0.2) is 53.6 Å². The monoisotopic (exact) mass is 304 g/mol. The Morgan fingerprint density at radius 1 is 1.09 bits per heavy atom. The fourth-order valence-electron chi connectivity index (χ4n) is 2.92. The molecule has 5 nitrogen and oxygen atoms in total. The van der Waals surface area contributed by atoms with Crippen molar-refractivity contribution >= 4 is 21.9 Å². The van der Waals surface area contributed by atoms with E-state index in [1.54, 1.807) is 13.4 Å². The second kappa shape index (κ2) is 5.05. The van der Waals surface area contributed by atoms with Gasteiger partial charge in [-0.3, -0.25) is 4.79 Å². The maximum atomic E-state index is 12.2. The average molecular weight is 304 g/mol. The zero-order chi connectivity index (χ0) is 16.0. The molecule has 0 atom stereocenters. The molecule has 0 unspecified atom stereocenters. The van der Waals surface area contributed by atoms with Crippen LogP contribution in [-0.4, -0.2) is 19.1 Å². The first-order valence-electron chi connectivity index (χ1n) is 7.49. The van der Waals surface area contributed by atoms with Gasteiger partial charge in [0.25, 0.3) is 5.56 Å². The normalized spacial score (nSPS) is 11.4. The molecule has 2 aromatic carbocycles. The Hall–Kier alpha value is -2.95. The van der Waals surface area contributed by atoms with Crippen molar-refractivity contribution in [3.63, 3.8) is 0 Å². The molecule has 0 radical (unpaired) electrons. The van der Waals surface area contributed by atoms with Crippen LogP contribution >= 0.6 is 0 Å². The molecule has 0 N–H and O–H groups in total. The van der Waals surface area contributed by atoms with Gasteiger partial charge in [0.15, 0.2) is 0 Å². The summed E-state index contributed by atoms with van der Waals surface area (Å²) in [7, 11) is 1.71. The summed E-state index contributed by atoms with van der Waals surface area (Å²) in [5, 5.41) is 0.604. The molecule has 2 heterocycles. The van der Waals surface area contributed by atoms with Crippen molar-refractivity contribution in [3.05, 3.63) is 70.5 Å². The molecule has 0 saturated heterocycles. The molecular formula is C18H16N4O. The molecular weight excluding hydrogens is 288 g/mol. The van der Waals surface area contributed by atoms with Crippen molar-refractivity contribution in [2.24, 2.45) is 7.05 Å². The van der Waals surface area contributed by atoms with Gasteiger partial charge in [0.05, 0.1) is 28.3 Å². The summed E-state index contributed by atoms with van der Waals surface area (Å²) in [6.07, 6.45) is 1.56. The van der Waals surface area contributed by atoms with Crippen LogP contribution in [0.2, 0.25) is 0 Å². The third-order valence-electron chi connectivity index (χ3n) is 4.16. The number of rotatable bonds is 2. The average Bonchev–Trinajstić information content (AvgIpc) is 2.86. The van der Waals surface area contributed by atoms with E-state index in [0.717, 1.165) is 23.4 Å². The standard InChI is InChI=1S/C18H16N4O/c1-12-20-16-8-14-15(19-11-21(2)18(14)23)9-17(16)22(12)10-13-6-4-3-5-7-13/h3-9,11H,10H2,1-2H3. The summed E-state index contributed by atoms with van der Waals surface area (Å²) in [5.74, 6) is 0.927. The lowest BCUT2D eigenvalue weighted by molar-refractivity contribution is 0.786. The summed E-state index contributed by atoms with van der Waals surface area (Å²) in [6.45, 7) is 2.73. The van der Waals surface area contributed by atoms with Gasteiger partial charge in [-0.05, 0) is 24.6 Å². The van der Waals surface area contributed by atoms with E-state index in [1.807, 2.05) is 37.3 Å². The van der Waals surface area contributed by atoms with Gasteiger partial charge >= 0.3 is 0 Å². The van der Waals surface area contributed by atoms with Crippen LogP contribution in [0, 0.1) is 6.92 Å². The molecule has 4 rings (SSSR count). The highest BCUT2D eigenvalue weighted by molar-refractivity contribution is 5.92.